The Morgan fingerprint density at radius 1 is 1.09 bits per heavy atom. The first-order chi connectivity index (χ1) is 10.6. The highest BCUT2D eigenvalue weighted by molar-refractivity contribution is 14.1. The summed E-state index contributed by atoms with van der Waals surface area (Å²) < 4.78 is 5.81. The van der Waals surface area contributed by atoms with Crippen LogP contribution in [0.2, 0.25) is 0 Å². The van der Waals surface area contributed by atoms with Crippen LogP contribution in [0.5, 0.6) is 0 Å². The number of nitrogens with one attached hydrogen (secondary N) is 1. The molecule has 0 fully saturated rings. The largest absolute Gasteiger partial charge is 0.479 e. The van der Waals surface area contributed by atoms with Crippen LogP contribution in [0, 0.1) is 3.57 Å². The number of carboxylic acid groups (broad SMARTS) is 1. The first kappa shape index (κ1) is 16.3. The molecule has 0 saturated heterocycles. The topological polar surface area (TPSA) is 75.6 Å². The molecule has 0 bridgehead atoms. The number of alkyl carbamates (subject to hydrolysis) is 1. The zero-order valence-corrected chi connectivity index (χ0v) is 13.7. The predicted molar refractivity (Wildman–Crippen MR) is 89.3 cm³/mol. The Morgan fingerprint density at radius 2 is 1.73 bits per heavy atom. The lowest BCUT2D eigenvalue weighted by Crippen LogP contribution is -2.34. The number of halogens is 1. The van der Waals surface area contributed by atoms with E-state index in [4.69, 9.17) is 4.74 Å². The highest BCUT2D eigenvalue weighted by Crippen LogP contribution is 2.20. The fraction of sp³-hybridized carbons (Fsp3) is 0.125. The van der Waals surface area contributed by atoms with Crippen molar-refractivity contribution in [3.8, 4) is 0 Å². The van der Waals surface area contributed by atoms with Gasteiger partial charge in [-0.1, -0.05) is 48.5 Å². The van der Waals surface area contributed by atoms with Crippen molar-refractivity contribution < 1.29 is 19.4 Å². The number of hydrogen-bond acceptors (Lipinski definition) is 3. The lowest BCUT2D eigenvalue weighted by Gasteiger charge is -2.16. The van der Waals surface area contributed by atoms with E-state index in [1.54, 1.807) is 24.3 Å². The SMILES string of the molecule is O=C(NC(C(=O)O)c1ccccc1I)OCc1ccccc1. The Balaban J connectivity index is 2.01. The van der Waals surface area contributed by atoms with E-state index in [0.717, 1.165) is 9.13 Å². The summed E-state index contributed by atoms with van der Waals surface area (Å²) in [5.41, 5.74) is 1.35. The van der Waals surface area contributed by atoms with E-state index < -0.39 is 18.1 Å². The number of rotatable bonds is 5. The molecule has 1 atom stereocenters. The second-order valence-corrected chi connectivity index (χ2v) is 5.66. The number of aliphatic carboxylic acids is 1. The molecule has 0 aliphatic rings. The summed E-state index contributed by atoms with van der Waals surface area (Å²) in [5, 5.41) is 11.7. The molecule has 0 saturated carbocycles. The number of carbonyl (C=O) groups excluding carboxylic acids is 1. The molecule has 6 heteroatoms. The molecule has 0 aliphatic carbocycles. The third kappa shape index (κ3) is 4.45. The Bertz CT molecular complexity index is 660. The Kier molecular flexibility index (Phi) is 5.76. The van der Waals surface area contributed by atoms with Gasteiger partial charge in [0, 0.05) is 3.57 Å². The van der Waals surface area contributed by atoms with Crippen molar-refractivity contribution in [3.63, 3.8) is 0 Å². The number of amides is 1. The van der Waals surface area contributed by atoms with Gasteiger partial charge in [0.2, 0.25) is 0 Å². The van der Waals surface area contributed by atoms with E-state index in [-0.39, 0.29) is 6.61 Å². The first-order valence-electron chi connectivity index (χ1n) is 6.52. The summed E-state index contributed by atoms with van der Waals surface area (Å²) in [4.78, 5) is 23.2. The van der Waals surface area contributed by atoms with Gasteiger partial charge in [-0.3, -0.25) is 0 Å². The number of carbonyl (C=O) groups is 2. The van der Waals surface area contributed by atoms with Crippen LogP contribution in [0.15, 0.2) is 54.6 Å². The van der Waals surface area contributed by atoms with Gasteiger partial charge < -0.3 is 15.2 Å². The first-order valence-corrected chi connectivity index (χ1v) is 7.60. The third-order valence-electron chi connectivity index (χ3n) is 2.94. The molecule has 1 unspecified atom stereocenters. The molecule has 2 rings (SSSR count). The van der Waals surface area contributed by atoms with E-state index in [0.29, 0.717) is 5.56 Å². The summed E-state index contributed by atoms with van der Waals surface area (Å²) in [7, 11) is 0. The van der Waals surface area contributed by atoms with Gasteiger partial charge in [-0.15, -0.1) is 0 Å². The molecule has 22 heavy (non-hydrogen) atoms. The minimum atomic E-state index is -1.14. The van der Waals surface area contributed by atoms with Crippen LogP contribution in [-0.4, -0.2) is 17.2 Å². The molecule has 0 spiro atoms. The Morgan fingerprint density at radius 3 is 2.36 bits per heavy atom. The van der Waals surface area contributed by atoms with Gasteiger partial charge in [0.1, 0.15) is 6.61 Å². The number of ether oxygens (including phenoxy) is 1. The lowest BCUT2D eigenvalue weighted by atomic mass is 10.1. The van der Waals surface area contributed by atoms with Crippen LogP contribution in [0.4, 0.5) is 4.79 Å². The minimum absolute atomic E-state index is 0.0882. The summed E-state index contributed by atoms with van der Waals surface area (Å²) in [6.45, 7) is 0.0882. The maximum Gasteiger partial charge on any atom is 0.408 e. The van der Waals surface area contributed by atoms with E-state index in [2.05, 4.69) is 5.32 Å². The Labute approximate surface area is 141 Å². The smallest absolute Gasteiger partial charge is 0.408 e. The van der Waals surface area contributed by atoms with E-state index in [1.165, 1.54) is 0 Å². The summed E-state index contributed by atoms with van der Waals surface area (Å²) >= 11 is 2.03. The van der Waals surface area contributed by atoms with Gasteiger partial charge in [0.25, 0.3) is 0 Å². The van der Waals surface area contributed by atoms with Crippen LogP contribution in [-0.2, 0) is 16.1 Å². The quantitative estimate of drug-likeness (QED) is 0.741. The van der Waals surface area contributed by atoms with Crippen molar-refractivity contribution >= 4 is 34.7 Å². The molecule has 0 radical (unpaired) electrons. The zero-order chi connectivity index (χ0) is 15.9. The maximum absolute atomic E-state index is 11.8. The number of hydrogen-bond donors (Lipinski definition) is 2. The summed E-state index contributed by atoms with van der Waals surface area (Å²) in [6.07, 6.45) is -0.768. The van der Waals surface area contributed by atoms with E-state index in [1.807, 2.05) is 52.9 Å². The fourth-order valence-electron chi connectivity index (χ4n) is 1.86. The van der Waals surface area contributed by atoms with Crippen molar-refractivity contribution in [2.45, 2.75) is 12.6 Å². The second kappa shape index (κ2) is 7.79. The molecule has 5 nitrogen and oxygen atoms in total. The zero-order valence-electron chi connectivity index (χ0n) is 11.5. The molecular formula is C16H14INO4. The molecule has 0 aliphatic heterocycles. The minimum Gasteiger partial charge on any atom is -0.479 e. The van der Waals surface area contributed by atoms with E-state index >= 15 is 0 Å². The molecule has 2 aromatic rings. The molecule has 2 aromatic carbocycles. The van der Waals surface area contributed by atoms with Gasteiger partial charge in [-0.25, -0.2) is 9.59 Å². The van der Waals surface area contributed by atoms with Gasteiger partial charge in [-0.2, -0.15) is 0 Å². The molecule has 0 heterocycles. The van der Waals surface area contributed by atoms with Crippen LogP contribution >= 0.6 is 22.6 Å². The van der Waals surface area contributed by atoms with Crippen molar-refractivity contribution in [1.29, 1.82) is 0 Å². The van der Waals surface area contributed by atoms with Crippen LogP contribution < -0.4 is 5.32 Å². The van der Waals surface area contributed by atoms with E-state index in [9.17, 15) is 14.7 Å². The average molecular weight is 411 g/mol. The normalized spacial score (nSPS) is 11.5. The number of benzene rings is 2. The maximum atomic E-state index is 11.8. The van der Waals surface area contributed by atoms with Crippen molar-refractivity contribution in [1.82, 2.24) is 5.32 Å². The monoisotopic (exact) mass is 411 g/mol. The molecule has 1 amide bonds. The predicted octanol–water partition coefficient (Wildman–Crippen LogP) is 3.34. The van der Waals surface area contributed by atoms with Crippen LogP contribution in [0.1, 0.15) is 17.2 Å². The molecule has 2 N–H and O–H groups in total. The summed E-state index contributed by atoms with van der Waals surface area (Å²) in [6, 6.07) is 15.0. The highest BCUT2D eigenvalue weighted by atomic mass is 127. The molecular weight excluding hydrogens is 397 g/mol. The third-order valence-corrected chi connectivity index (χ3v) is 3.92. The lowest BCUT2D eigenvalue weighted by molar-refractivity contribution is -0.139. The summed E-state index contributed by atoms with van der Waals surface area (Å²) in [5.74, 6) is -1.14. The van der Waals surface area contributed by atoms with Crippen molar-refractivity contribution in [3.05, 3.63) is 69.3 Å². The number of carboxylic acids is 1. The van der Waals surface area contributed by atoms with Gasteiger partial charge >= 0.3 is 12.1 Å². The molecule has 0 aromatic heterocycles. The van der Waals surface area contributed by atoms with Crippen LogP contribution in [0.25, 0.3) is 0 Å². The molecule has 114 valence electrons. The van der Waals surface area contributed by atoms with Crippen molar-refractivity contribution in [2.75, 3.05) is 0 Å². The highest BCUT2D eigenvalue weighted by Gasteiger charge is 2.24. The Hall–Kier alpha value is -2.09. The second-order valence-electron chi connectivity index (χ2n) is 4.50. The average Bonchev–Trinajstić information content (AvgIpc) is 2.52. The van der Waals surface area contributed by atoms with Crippen LogP contribution in [0.3, 0.4) is 0 Å². The van der Waals surface area contributed by atoms with Gasteiger partial charge in [0.15, 0.2) is 6.04 Å². The van der Waals surface area contributed by atoms with Gasteiger partial charge in [-0.05, 0) is 39.8 Å². The standard InChI is InChI=1S/C16H14INO4/c17-13-9-5-4-8-12(13)14(15(19)20)18-16(21)22-10-11-6-2-1-3-7-11/h1-9,14H,10H2,(H,18,21)(H,19,20). The van der Waals surface area contributed by atoms with Crippen molar-refractivity contribution in [2.24, 2.45) is 0 Å². The fourth-order valence-corrected chi connectivity index (χ4v) is 2.56. The van der Waals surface area contributed by atoms with Gasteiger partial charge in [0.05, 0.1) is 0 Å².